The molecule has 1 saturated heterocycles. The number of fused-ring (bicyclic) bond motifs is 1. The van der Waals surface area contributed by atoms with E-state index in [1.807, 2.05) is 32.0 Å². The molecule has 3 N–H and O–H groups in total. The van der Waals surface area contributed by atoms with Crippen molar-refractivity contribution in [1.82, 2.24) is 4.98 Å². The van der Waals surface area contributed by atoms with E-state index in [4.69, 9.17) is 31.5 Å². The Labute approximate surface area is 192 Å². The zero-order valence-electron chi connectivity index (χ0n) is 18.1. The van der Waals surface area contributed by atoms with E-state index in [1.165, 1.54) is 0 Å². The lowest BCUT2D eigenvalue weighted by atomic mass is 10.0. The summed E-state index contributed by atoms with van der Waals surface area (Å²) in [4.78, 5) is 4.68. The highest BCUT2D eigenvalue weighted by molar-refractivity contribution is 6.32. The monoisotopic (exact) mass is 452 g/mol. The molecule has 1 aromatic heterocycles. The fourth-order valence-electron chi connectivity index (χ4n) is 3.75. The van der Waals surface area contributed by atoms with Gasteiger partial charge in [0.1, 0.15) is 23.7 Å². The van der Waals surface area contributed by atoms with Crippen LogP contribution in [-0.2, 0) is 11.2 Å². The number of anilines is 3. The van der Waals surface area contributed by atoms with Gasteiger partial charge in [0.2, 0.25) is 0 Å². The Hall–Kier alpha value is -3.21. The maximum Gasteiger partial charge on any atom is 0.144 e. The Balaban J connectivity index is 1.75. The number of nitrogens with two attached hydrogens (primary N) is 1. The lowest BCUT2D eigenvalue weighted by molar-refractivity contribution is 0.141. The Morgan fingerprint density at radius 3 is 2.78 bits per heavy atom. The summed E-state index contributed by atoms with van der Waals surface area (Å²) < 4.78 is 16.9. The smallest absolute Gasteiger partial charge is 0.144 e. The van der Waals surface area contributed by atoms with Crippen LogP contribution in [0.4, 0.5) is 17.1 Å². The Morgan fingerprint density at radius 2 is 2.12 bits per heavy atom. The first-order chi connectivity index (χ1) is 15.5. The molecule has 3 aromatic rings. The van der Waals surface area contributed by atoms with Crippen molar-refractivity contribution in [1.29, 1.82) is 5.26 Å². The van der Waals surface area contributed by atoms with Crippen molar-refractivity contribution >= 4 is 39.6 Å². The maximum atomic E-state index is 9.89. The van der Waals surface area contributed by atoms with Crippen LogP contribution >= 0.6 is 11.6 Å². The van der Waals surface area contributed by atoms with Crippen molar-refractivity contribution in [3.8, 4) is 17.6 Å². The fourth-order valence-corrected chi connectivity index (χ4v) is 3.97. The van der Waals surface area contributed by atoms with Gasteiger partial charge < -0.3 is 25.3 Å². The van der Waals surface area contributed by atoms with Gasteiger partial charge in [0.25, 0.3) is 0 Å². The molecule has 2 heterocycles. The number of aromatic nitrogens is 1. The van der Waals surface area contributed by atoms with Gasteiger partial charge in [0, 0.05) is 23.6 Å². The van der Waals surface area contributed by atoms with E-state index in [2.05, 4.69) is 16.4 Å². The maximum absolute atomic E-state index is 9.89. The minimum Gasteiger partial charge on any atom is -0.492 e. The molecule has 1 aliphatic rings. The molecule has 4 rings (SSSR count). The SMILES string of the molecule is CCOc1cc2nc(CC)c(C#N)c(Nc3ccc(O[C@@H]4CCOC4)c(Cl)c3)c2cc1N. The molecule has 8 heteroatoms. The average molecular weight is 453 g/mol. The van der Waals surface area contributed by atoms with Gasteiger partial charge in [-0.1, -0.05) is 18.5 Å². The second kappa shape index (κ2) is 9.51. The number of nitrogens with one attached hydrogen (secondary N) is 1. The number of hydrogen-bond acceptors (Lipinski definition) is 7. The average Bonchev–Trinajstić information content (AvgIpc) is 3.29. The molecule has 7 nitrogen and oxygen atoms in total. The third-order valence-electron chi connectivity index (χ3n) is 5.32. The molecule has 166 valence electrons. The summed E-state index contributed by atoms with van der Waals surface area (Å²) in [5.41, 5.74) is 9.93. The van der Waals surface area contributed by atoms with Gasteiger partial charge in [-0.2, -0.15) is 5.26 Å². The first-order valence-corrected chi connectivity index (χ1v) is 11.0. The molecule has 1 aliphatic heterocycles. The number of benzene rings is 2. The number of pyridine rings is 1. The van der Waals surface area contributed by atoms with Crippen molar-refractivity contribution in [2.45, 2.75) is 32.8 Å². The van der Waals surface area contributed by atoms with Gasteiger partial charge in [0.05, 0.1) is 53.0 Å². The molecule has 1 fully saturated rings. The third kappa shape index (κ3) is 4.38. The van der Waals surface area contributed by atoms with Crippen LogP contribution in [0.15, 0.2) is 30.3 Å². The number of halogens is 1. The first-order valence-electron chi connectivity index (χ1n) is 10.6. The number of nitriles is 1. The zero-order valence-corrected chi connectivity index (χ0v) is 18.8. The number of nitrogen functional groups attached to an aromatic ring is 1. The van der Waals surface area contributed by atoms with Crippen LogP contribution in [0.1, 0.15) is 31.5 Å². The summed E-state index contributed by atoms with van der Waals surface area (Å²) in [5.74, 6) is 1.18. The van der Waals surface area contributed by atoms with Crippen LogP contribution in [0.2, 0.25) is 5.02 Å². The molecule has 0 saturated carbocycles. The summed E-state index contributed by atoms with van der Waals surface area (Å²) in [6.45, 7) is 5.63. The molecule has 0 amide bonds. The van der Waals surface area contributed by atoms with E-state index in [9.17, 15) is 5.26 Å². The molecule has 0 aliphatic carbocycles. The minimum absolute atomic E-state index is 0.00950. The zero-order chi connectivity index (χ0) is 22.7. The first kappa shape index (κ1) is 22.0. The Bertz CT molecular complexity index is 1190. The number of aryl methyl sites for hydroxylation is 1. The molecule has 0 unspecified atom stereocenters. The second-order valence-corrected chi connectivity index (χ2v) is 7.89. The number of ether oxygens (including phenoxy) is 3. The summed E-state index contributed by atoms with van der Waals surface area (Å²) in [7, 11) is 0. The molecular formula is C24H25ClN4O3. The lowest BCUT2D eigenvalue weighted by Gasteiger charge is -2.17. The van der Waals surface area contributed by atoms with Gasteiger partial charge >= 0.3 is 0 Å². The summed E-state index contributed by atoms with van der Waals surface area (Å²) in [5, 5.41) is 14.5. The van der Waals surface area contributed by atoms with E-state index in [0.29, 0.717) is 70.9 Å². The highest BCUT2D eigenvalue weighted by atomic mass is 35.5. The predicted octanol–water partition coefficient (Wildman–Crippen LogP) is 5.21. The highest BCUT2D eigenvalue weighted by Crippen LogP contribution is 2.37. The number of rotatable bonds is 7. The van der Waals surface area contributed by atoms with Gasteiger partial charge in [-0.25, -0.2) is 0 Å². The van der Waals surface area contributed by atoms with E-state index in [-0.39, 0.29) is 6.10 Å². The van der Waals surface area contributed by atoms with Crippen LogP contribution in [0.3, 0.4) is 0 Å². The largest absolute Gasteiger partial charge is 0.492 e. The molecule has 0 radical (unpaired) electrons. The summed E-state index contributed by atoms with van der Waals surface area (Å²) >= 11 is 6.49. The Morgan fingerprint density at radius 1 is 1.28 bits per heavy atom. The van der Waals surface area contributed by atoms with Crippen molar-refractivity contribution in [3.63, 3.8) is 0 Å². The van der Waals surface area contributed by atoms with Crippen molar-refractivity contribution in [2.75, 3.05) is 30.9 Å². The van der Waals surface area contributed by atoms with Crippen molar-refractivity contribution < 1.29 is 14.2 Å². The molecule has 0 bridgehead atoms. The fraction of sp³-hybridized carbons (Fsp3) is 0.333. The van der Waals surface area contributed by atoms with Crippen LogP contribution in [0, 0.1) is 11.3 Å². The van der Waals surface area contributed by atoms with Gasteiger partial charge in [0.15, 0.2) is 0 Å². The van der Waals surface area contributed by atoms with Crippen molar-refractivity contribution in [2.24, 2.45) is 0 Å². The Kier molecular flexibility index (Phi) is 6.54. The van der Waals surface area contributed by atoms with E-state index >= 15 is 0 Å². The number of hydrogen-bond donors (Lipinski definition) is 2. The van der Waals surface area contributed by atoms with Gasteiger partial charge in [-0.15, -0.1) is 0 Å². The van der Waals surface area contributed by atoms with Crippen molar-refractivity contribution in [3.05, 3.63) is 46.6 Å². The molecule has 0 spiro atoms. The van der Waals surface area contributed by atoms with Crippen LogP contribution in [0.25, 0.3) is 10.9 Å². The predicted molar refractivity (Wildman–Crippen MR) is 126 cm³/mol. The summed E-state index contributed by atoms with van der Waals surface area (Å²) in [6, 6.07) is 11.4. The number of nitrogens with zero attached hydrogens (tertiary/aromatic N) is 2. The second-order valence-electron chi connectivity index (χ2n) is 7.49. The quantitative estimate of drug-likeness (QED) is 0.474. The van der Waals surface area contributed by atoms with E-state index in [0.717, 1.165) is 17.5 Å². The molecule has 1 atom stereocenters. The van der Waals surface area contributed by atoms with Gasteiger partial charge in [-0.05, 0) is 37.6 Å². The van der Waals surface area contributed by atoms with Crippen LogP contribution in [0.5, 0.6) is 11.5 Å². The molecule has 2 aromatic carbocycles. The topological polar surface area (TPSA) is 102 Å². The minimum atomic E-state index is 0.00950. The summed E-state index contributed by atoms with van der Waals surface area (Å²) in [6.07, 6.45) is 1.46. The van der Waals surface area contributed by atoms with Crippen LogP contribution < -0.4 is 20.5 Å². The lowest BCUT2D eigenvalue weighted by Crippen LogP contribution is -2.15. The van der Waals surface area contributed by atoms with E-state index < -0.39 is 0 Å². The van der Waals surface area contributed by atoms with E-state index in [1.54, 1.807) is 12.1 Å². The molecule has 32 heavy (non-hydrogen) atoms. The standard InChI is InChI=1S/C24H25ClN4O3/c1-3-20-17(12-26)24(16-10-19(27)23(31-4-2)11-21(16)29-20)28-14-5-6-22(18(25)9-14)32-15-7-8-30-13-15/h5-6,9-11,15H,3-4,7-8,13,27H2,1-2H3,(H,28,29)/t15-/m1/s1. The van der Waals surface area contributed by atoms with Crippen LogP contribution in [-0.4, -0.2) is 30.9 Å². The van der Waals surface area contributed by atoms with Gasteiger partial charge in [-0.3, -0.25) is 4.98 Å². The normalized spacial score (nSPS) is 15.5. The third-order valence-corrected chi connectivity index (χ3v) is 5.62. The highest BCUT2D eigenvalue weighted by Gasteiger charge is 2.20. The molecular weight excluding hydrogens is 428 g/mol.